The zero-order valence-electron chi connectivity index (χ0n) is 13.5. The van der Waals surface area contributed by atoms with E-state index in [1.165, 1.54) is 5.56 Å². The fourth-order valence-corrected chi connectivity index (χ4v) is 2.86. The Labute approximate surface area is 121 Å². The lowest BCUT2D eigenvalue weighted by molar-refractivity contribution is -0.158. The van der Waals surface area contributed by atoms with Gasteiger partial charge in [0.2, 0.25) is 0 Å². The maximum Gasteiger partial charge on any atom is 0.163 e. The molecule has 0 radical (unpaired) electrons. The van der Waals surface area contributed by atoms with Crippen LogP contribution >= 0.6 is 0 Å². The zero-order valence-corrected chi connectivity index (χ0v) is 13.5. The molecule has 0 bridgehead atoms. The molecule has 1 fully saturated rings. The van der Waals surface area contributed by atoms with E-state index >= 15 is 0 Å². The second kappa shape index (κ2) is 5.05. The summed E-state index contributed by atoms with van der Waals surface area (Å²) < 4.78 is 11.7. The van der Waals surface area contributed by atoms with Gasteiger partial charge in [-0.2, -0.15) is 0 Å². The quantitative estimate of drug-likeness (QED) is 0.914. The number of phenolic OH excluding ortho intramolecular Hbond substituents is 1. The first-order chi connectivity index (χ1) is 9.14. The summed E-state index contributed by atoms with van der Waals surface area (Å²) in [5, 5.41) is 10.2. The topological polar surface area (TPSA) is 38.7 Å². The van der Waals surface area contributed by atoms with Crippen LogP contribution in [0.5, 0.6) is 5.75 Å². The van der Waals surface area contributed by atoms with Crippen molar-refractivity contribution in [1.29, 1.82) is 0 Å². The molecule has 0 aliphatic carbocycles. The van der Waals surface area contributed by atoms with Crippen LogP contribution in [0.2, 0.25) is 0 Å². The number of phenols is 1. The predicted molar refractivity (Wildman–Crippen MR) is 80.2 cm³/mol. The molecular formula is C17H26O3. The lowest BCUT2D eigenvalue weighted by atomic mass is 9.92. The van der Waals surface area contributed by atoms with Gasteiger partial charge < -0.3 is 14.6 Å². The van der Waals surface area contributed by atoms with Crippen LogP contribution < -0.4 is 0 Å². The Hall–Kier alpha value is -1.06. The number of benzene rings is 1. The molecule has 1 N–H and O–H groups in total. The van der Waals surface area contributed by atoms with E-state index in [2.05, 4.69) is 13.0 Å². The van der Waals surface area contributed by atoms with E-state index in [9.17, 15) is 5.11 Å². The van der Waals surface area contributed by atoms with Gasteiger partial charge in [-0.1, -0.05) is 6.07 Å². The maximum atomic E-state index is 10.2. The third-order valence-electron chi connectivity index (χ3n) is 4.31. The molecule has 1 unspecified atom stereocenters. The van der Waals surface area contributed by atoms with E-state index in [0.29, 0.717) is 12.4 Å². The third kappa shape index (κ3) is 2.99. The highest BCUT2D eigenvalue weighted by molar-refractivity contribution is 5.48. The number of rotatable bonds is 3. The highest BCUT2D eigenvalue weighted by Crippen LogP contribution is 2.35. The van der Waals surface area contributed by atoms with Gasteiger partial charge in [-0.15, -0.1) is 0 Å². The molecule has 1 aromatic rings. The largest absolute Gasteiger partial charge is 0.507 e. The minimum absolute atomic E-state index is 0.246. The second-order valence-electron chi connectivity index (χ2n) is 6.69. The van der Waals surface area contributed by atoms with Crippen molar-refractivity contribution in [3.63, 3.8) is 0 Å². The van der Waals surface area contributed by atoms with Gasteiger partial charge in [0.05, 0.1) is 12.2 Å². The molecule has 2 rings (SSSR count). The summed E-state index contributed by atoms with van der Waals surface area (Å²) in [6.45, 7) is 12.6. The summed E-state index contributed by atoms with van der Waals surface area (Å²) in [6.07, 6.45) is 1.77. The summed E-state index contributed by atoms with van der Waals surface area (Å²) in [5.41, 5.74) is 4.04. The Morgan fingerprint density at radius 1 is 1.15 bits per heavy atom. The average molecular weight is 278 g/mol. The number of aromatic hydroxyl groups is 1. The molecule has 0 spiro atoms. The van der Waals surface area contributed by atoms with Crippen molar-refractivity contribution in [3.05, 3.63) is 28.3 Å². The van der Waals surface area contributed by atoms with E-state index in [1.807, 2.05) is 34.6 Å². The van der Waals surface area contributed by atoms with Crippen molar-refractivity contribution in [2.24, 2.45) is 0 Å². The molecule has 1 heterocycles. The van der Waals surface area contributed by atoms with E-state index in [1.54, 1.807) is 0 Å². The van der Waals surface area contributed by atoms with Crippen molar-refractivity contribution in [3.8, 4) is 5.75 Å². The second-order valence-corrected chi connectivity index (χ2v) is 6.69. The van der Waals surface area contributed by atoms with Gasteiger partial charge in [0.1, 0.15) is 5.75 Å². The van der Waals surface area contributed by atoms with Crippen LogP contribution in [0, 0.1) is 20.8 Å². The van der Waals surface area contributed by atoms with Gasteiger partial charge in [-0.05, 0) is 76.6 Å². The molecular weight excluding hydrogens is 252 g/mol. The molecule has 112 valence electrons. The Morgan fingerprint density at radius 3 is 2.35 bits per heavy atom. The number of ether oxygens (including phenoxy) is 2. The molecule has 3 nitrogen and oxygen atoms in total. The Bertz CT molecular complexity index is 519. The van der Waals surface area contributed by atoms with E-state index < -0.39 is 5.79 Å². The number of hydrogen-bond donors (Lipinski definition) is 1. The van der Waals surface area contributed by atoms with E-state index in [-0.39, 0.29) is 5.60 Å². The Kier molecular flexibility index (Phi) is 3.87. The first-order valence-electron chi connectivity index (χ1n) is 7.26. The molecule has 1 aromatic carbocycles. The Morgan fingerprint density at radius 2 is 1.80 bits per heavy atom. The standard InChI is InChI=1S/C17H26O3/c1-11-9-14(13(3)15(18)12(11)2)7-8-17(6)10-19-16(4,5)20-17/h9,18H,7-8,10H2,1-6H3. The van der Waals surface area contributed by atoms with Crippen molar-refractivity contribution >= 4 is 0 Å². The first kappa shape index (κ1) is 15.3. The minimum Gasteiger partial charge on any atom is -0.507 e. The molecule has 0 amide bonds. The molecule has 0 aromatic heterocycles. The summed E-state index contributed by atoms with van der Waals surface area (Å²) in [7, 11) is 0. The van der Waals surface area contributed by atoms with Gasteiger partial charge >= 0.3 is 0 Å². The van der Waals surface area contributed by atoms with Crippen molar-refractivity contribution < 1.29 is 14.6 Å². The summed E-state index contributed by atoms with van der Waals surface area (Å²) in [5.74, 6) is -0.0659. The third-order valence-corrected chi connectivity index (χ3v) is 4.31. The van der Waals surface area contributed by atoms with Crippen molar-refractivity contribution in [2.45, 2.75) is 65.8 Å². The molecule has 3 heteroatoms. The van der Waals surface area contributed by atoms with Crippen LogP contribution in [0.25, 0.3) is 0 Å². The van der Waals surface area contributed by atoms with Crippen molar-refractivity contribution in [1.82, 2.24) is 0 Å². The zero-order chi connectivity index (χ0) is 15.1. The average Bonchev–Trinajstić information content (AvgIpc) is 2.64. The summed E-state index contributed by atoms with van der Waals surface area (Å²) in [6, 6.07) is 2.18. The summed E-state index contributed by atoms with van der Waals surface area (Å²) in [4.78, 5) is 0. The van der Waals surface area contributed by atoms with Crippen LogP contribution in [0.4, 0.5) is 0 Å². The van der Waals surface area contributed by atoms with Crippen LogP contribution in [0.3, 0.4) is 0 Å². The van der Waals surface area contributed by atoms with Gasteiger partial charge in [0.25, 0.3) is 0 Å². The molecule has 1 aliphatic heterocycles. The predicted octanol–water partition coefficient (Wildman–Crippen LogP) is 3.79. The van der Waals surface area contributed by atoms with Gasteiger partial charge in [-0.3, -0.25) is 0 Å². The molecule has 1 aliphatic rings. The van der Waals surface area contributed by atoms with Gasteiger partial charge in [0.15, 0.2) is 5.79 Å². The minimum atomic E-state index is -0.491. The van der Waals surface area contributed by atoms with E-state index in [0.717, 1.165) is 29.5 Å². The fourth-order valence-electron chi connectivity index (χ4n) is 2.86. The highest BCUT2D eigenvalue weighted by atomic mass is 16.7. The summed E-state index contributed by atoms with van der Waals surface area (Å²) >= 11 is 0. The van der Waals surface area contributed by atoms with Gasteiger partial charge in [0, 0.05) is 0 Å². The number of aryl methyl sites for hydroxylation is 2. The monoisotopic (exact) mass is 278 g/mol. The first-order valence-corrected chi connectivity index (χ1v) is 7.26. The lowest BCUT2D eigenvalue weighted by Crippen LogP contribution is -2.31. The maximum absolute atomic E-state index is 10.2. The lowest BCUT2D eigenvalue weighted by Gasteiger charge is -2.25. The molecule has 0 saturated carbocycles. The van der Waals surface area contributed by atoms with Crippen LogP contribution in [-0.4, -0.2) is 23.1 Å². The molecule has 1 saturated heterocycles. The number of hydrogen-bond acceptors (Lipinski definition) is 3. The fraction of sp³-hybridized carbons (Fsp3) is 0.647. The normalized spacial score (nSPS) is 25.1. The van der Waals surface area contributed by atoms with Crippen LogP contribution in [0.1, 0.15) is 49.4 Å². The van der Waals surface area contributed by atoms with Crippen molar-refractivity contribution in [2.75, 3.05) is 6.61 Å². The van der Waals surface area contributed by atoms with E-state index in [4.69, 9.17) is 9.47 Å². The smallest absolute Gasteiger partial charge is 0.163 e. The molecule has 20 heavy (non-hydrogen) atoms. The SMILES string of the molecule is Cc1cc(CCC2(C)COC(C)(C)O2)c(C)c(O)c1C. The Balaban J connectivity index is 2.13. The van der Waals surface area contributed by atoms with Crippen LogP contribution in [-0.2, 0) is 15.9 Å². The highest BCUT2D eigenvalue weighted by Gasteiger charge is 2.41. The van der Waals surface area contributed by atoms with Gasteiger partial charge in [-0.25, -0.2) is 0 Å². The van der Waals surface area contributed by atoms with Crippen LogP contribution in [0.15, 0.2) is 6.07 Å². The molecule has 1 atom stereocenters.